The van der Waals surface area contributed by atoms with Crippen LogP contribution in [0.1, 0.15) is 5.69 Å². The van der Waals surface area contributed by atoms with E-state index >= 15 is 0 Å². The van der Waals surface area contributed by atoms with Crippen LogP contribution < -0.4 is 16.4 Å². The van der Waals surface area contributed by atoms with Crippen molar-refractivity contribution in [2.45, 2.75) is 0 Å². The number of nitrogens with one attached hydrogen (secondary N) is 2. The summed E-state index contributed by atoms with van der Waals surface area (Å²) in [5.41, 5.74) is 6.53. The van der Waals surface area contributed by atoms with Gasteiger partial charge in [-0.25, -0.2) is 4.79 Å². The molecule has 3 heterocycles. The summed E-state index contributed by atoms with van der Waals surface area (Å²) in [5.74, 6) is 0.678. The Morgan fingerprint density at radius 1 is 1.23 bits per heavy atom. The molecule has 0 aliphatic carbocycles. The van der Waals surface area contributed by atoms with Gasteiger partial charge in [0.1, 0.15) is 5.84 Å². The second-order valence-corrected chi connectivity index (χ2v) is 5.93. The highest BCUT2D eigenvalue weighted by Crippen LogP contribution is 2.17. The van der Waals surface area contributed by atoms with Crippen molar-refractivity contribution in [3.8, 4) is 5.69 Å². The first kappa shape index (κ1) is 15.9. The highest BCUT2D eigenvalue weighted by atomic mass is 16.1. The van der Waals surface area contributed by atoms with Gasteiger partial charge in [-0.3, -0.25) is 14.1 Å². The molecule has 0 radical (unpaired) electrons. The average Bonchev–Trinajstić information content (AvgIpc) is 2.94. The van der Waals surface area contributed by atoms with Crippen LogP contribution in [-0.4, -0.2) is 26.5 Å². The van der Waals surface area contributed by atoms with Crippen LogP contribution >= 0.6 is 0 Å². The maximum Gasteiger partial charge on any atom is 0.333 e. The molecule has 0 bridgehead atoms. The summed E-state index contributed by atoms with van der Waals surface area (Å²) in [6.45, 7) is 4.72. The normalized spacial score (nSPS) is 13.3. The Bertz CT molecular complexity index is 1100. The van der Waals surface area contributed by atoms with Crippen LogP contribution in [0.5, 0.6) is 0 Å². The molecule has 0 saturated heterocycles. The van der Waals surface area contributed by atoms with E-state index in [1.165, 1.54) is 0 Å². The number of fused-ring (bicyclic) bond motifs is 1. The molecule has 0 atom stereocenters. The second kappa shape index (κ2) is 6.36. The van der Waals surface area contributed by atoms with Gasteiger partial charge in [0, 0.05) is 7.05 Å². The number of nitrogens with zero attached hydrogens (tertiary/aromatic N) is 4. The van der Waals surface area contributed by atoms with Crippen LogP contribution in [0, 0.1) is 0 Å². The Balaban J connectivity index is 1.66. The number of hydrogen-bond acceptors (Lipinski definition) is 5. The molecule has 130 valence electrons. The molecule has 1 aromatic carbocycles. The monoisotopic (exact) mass is 346 g/mol. The number of aryl methyl sites for hydroxylation is 1. The molecule has 7 nitrogen and oxygen atoms in total. The van der Waals surface area contributed by atoms with Crippen molar-refractivity contribution in [2.75, 3.05) is 6.54 Å². The quantitative estimate of drug-likeness (QED) is 0.758. The lowest BCUT2D eigenvalue weighted by atomic mass is 10.2. The van der Waals surface area contributed by atoms with Crippen LogP contribution in [0.2, 0.25) is 0 Å². The second-order valence-electron chi connectivity index (χ2n) is 5.93. The summed E-state index contributed by atoms with van der Waals surface area (Å²) in [6.07, 6.45) is 5.52. The zero-order valence-electron chi connectivity index (χ0n) is 14.3. The van der Waals surface area contributed by atoms with Gasteiger partial charge in [-0.05, 0) is 30.3 Å². The fourth-order valence-corrected chi connectivity index (χ4v) is 2.92. The third kappa shape index (κ3) is 2.69. The van der Waals surface area contributed by atoms with E-state index in [2.05, 4.69) is 27.4 Å². The minimum atomic E-state index is -0.106. The van der Waals surface area contributed by atoms with E-state index < -0.39 is 0 Å². The fraction of sp³-hybridized carbons (Fsp3) is 0.105. The van der Waals surface area contributed by atoms with Crippen molar-refractivity contribution in [2.24, 2.45) is 12.1 Å². The molecule has 0 amide bonds. The molecule has 1 aliphatic rings. The number of amidine groups is 1. The van der Waals surface area contributed by atoms with E-state index in [4.69, 9.17) is 0 Å². The molecular formula is C19H18N6O. The maximum atomic E-state index is 12.6. The fourth-order valence-electron chi connectivity index (χ4n) is 2.92. The van der Waals surface area contributed by atoms with E-state index in [-0.39, 0.29) is 5.69 Å². The van der Waals surface area contributed by atoms with Crippen molar-refractivity contribution < 1.29 is 0 Å². The molecule has 2 N–H and O–H groups in total. The Morgan fingerprint density at radius 3 is 2.73 bits per heavy atom. The van der Waals surface area contributed by atoms with Gasteiger partial charge in [0.25, 0.3) is 0 Å². The third-order valence-corrected chi connectivity index (χ3v) is 4.24. The number of benzene rings is 1. The number of imidazole rings is 1. The van der Waals surface area contributed by atoms with Crippen molar-refractivity contribution in [1.29, 1.82) is 0 Å². The van der Waals surface area contributed by atoms with Crippen molar-refractivity contribution in [3.63, 3.8) is 0 Å². The lowest BCUT2D eigenvalue weighted by Crippen LogP contribution is -2.26. The number of hydrogen-bond donors (Lipinski definition) is 2. The zero-order valence-corrected chi connectivity index (χ0v) is 14.3. The minimum absolute atomic E-state index is 0.106. The molecule has 1 aliphatic heterocycles. The average molecular weight is 346 g/mol. The largest absolute Gasteiger partial charge is 0.338 e. The third-order valence-electron chi connectivity index (χ3n) is 4.24. The van der Waals surface area contributed by atoms with Gasteiger partial charge in [-0.1, -0.05) is 24.8 Å². The number of rotatable bonds is 3. The van der Waals surface area contributed by atoms with Gasteiger partial charge in [0.2, 0.25) is 0 Å². The molecule has 0 saturated carbocycles. The van der Waals surface area contributed by atoms with E-state index in [0.29, 0.717) is 29.5 Å². The van der Waals surface area contributed by atoms with E-state index in [9.17, 15) is 4.79 Å². The first-order chi connectivity index (χ1) is 12.6. The van der Waals surface area contributed by atoms with Crippen LogP contribution in [-0.2, 0) is 7.05 Å². The summed E-state index contributed by atoms with van der Waals surface area (Å²) in [6, 6.07) is 11.4. The molecule has 7 heteroatoms. The first-order valence-corrected chi connectivity index (χ1v) is 8.21. The Hall–Kier alpha value is -3.61. The van der Waals surface area contributed by atoms with Gasteiger partial charge in [0.15, 0.2) is 0 Å². The molecule has 2 aromatic heterocycles. The number of hydrazone groups is 1. The number of para-hydroxylation sites is 2. The zero-order chi connectivity index (χ0) is 18.1. The van der Waals surface area contributed by atoms with Crippen LogP contribution in [0.3, 0.4) is 0 Å². The summed E-state index contributed by atoms with van der Waals surface area (Å²) >= 11 is 0. The lowest BCUT2D eigenvalue weighted by Gasteiger charge is -2.12. The van der Waals surface area contributed by atoms with Gasteiger partial charge in [-0.2, -0.15) is 5.10 Å². The Labute approximate surface area is 150 Å². The molecule has 26 heavy (non-hydrogen) atoms. The summed E-state index contributed by atoms with van der Waals surface area (Å²) in [4.78, 5) is 17.1. The van der Waals surface area contributed by atoms with E-state index in [1.54, 1.807) is 22.4 Å². The number of aromatic nitrogens is 3. The van der Waals surface area contributed by atoms with E-state index in [0.717, 1.165) is 11.0 Å². The van der Waals surface area contributed by atoms with Crippen LogP contribution in [0.4, 0.5) is 0 Å². The van der Waals surface area contributed by atoms with Gasteiger partial charge in [-0.15, -0.1) is 0 Å². The van der Waals surface area contributed by atoms with Crippen LogP contribution in [0.25, 0.3) is 22.4 Å². The Morgan fingerprint density at radius 2 is 2.04 bits per heavy atom. The van der Waals surface area contributed by atoms with Crippen LogP contribution in [0.15, 0.2) is 71.2 Å². The molecule has 3 aromatic rings. The van der Waals surface area contributed by atoms with Gasteiger partial charge >= 0.3 is 5.69 Å². The van der Waals surface area contributed by atoms with Gasteiger partial charge in [0.05, 0.1) is 40.9 Å². The molecule has 0 fully saturated rings. The summed E-state index contributed by atoms with van der Waals surface area (Å²) < 4.78 is 3.28. The highest BCUT2D eigenvalue weighted by molar-refractivity contribution is 5.98. The summed E-state index contributed by atoms with van der Waals surface area (Å²) in [5, 5.41) is 7.25. The van der Waals surface area contributed by atoms with E-state index in [1.807, 2.05) is 48.6 Å². The highest BCUT2D eigenvalue weighted by Gasteiger charge is 2.12. The Kier molecular flexibility index (Phi) is 3.89. The smallest absolute Gasteiger partial charge is 0.333 e. The topological polar surface area (TPSA) is 76.2 Å². The number of pyridine rings is 1. The molecule has 4 rings (SSSR count). The SMILES string of the molecule is C=C(NC1=NNCC=C1)c1ccc(-n2c(=O)n(C)c3ccccc32)cn1. The summed E-state index contributed by atoms with van der Waals surface area (Å²) in [7, 11) is 1.77. The predicted molar refractivity (Wildman–Crippen MR) is 103 cm³/mol. The van der Waals surface area contributed by atoms with Crippen molar-refractivity contribution >= 4 is 22.6 Å². The van der Waals surface area contributed by atoms with Crippen molar-refractivity contribution in [1.82, 2.24) is 24.9 Å². The minimum Gasteiger partial charge on any atom is -0.338 e. The predicted octanol–water partition coefficient (Wildman–Crippen LogP) is 1.76. The molecule has 0 spiro atoms. The maximum absolute atomic E-state index is 12.6. The molecular weight excluding hydrogens is 328 g/mol. The lowest BCUT2D eigenvalue weighted by molar-refractivity contribution is 0.809. The molecule has 0 unspecified atom stereocenters. The van der Waals surface area contributed by atoms with Gasteiger partial charge < -0.3 is 10.7 Å². The van der Waals surface area contributed by atoms with Crippen molar-refractivity contribution in [3.05, 3.63) is 77.5 Å². The standard InChI is InChI=1S/C19H18N6O/c1-13(22-18-8-5-11-21-23-18)15-10-9-14(12-20-15)25-17-7-4-3-6-16(17)24(2)19(25)26/h3-10,12,21H,1,11H2,2H3,(H,22,23). The first-order valence-electron chi connectivity index (χ1n) is 8.21.